The Kier molecular flexibility index (Phi) is 7.87. The fraction of sp³-hybridized carbons (Fsp3) is 0.412. The van der Waals surface area contributed by atoms with Crippen LogP contribution in [-0.2, 0) is 16.2 Å². The molecule has 0 N–H and O–H groups in total. The predicted octanol–water partition coefficient (Wildman–Crippen LogP) is 12.5. The molecule has 0 amide bonds. The first-order valence-electron chi connectivity index (χ1n) is 20.5. The van der Waals surface area contributed by atoms with E-state index < -0.39 is 0 Å². The summed E-state index contributed by atoms with van der Waals surface area (Å²) in [5.41, 5.74) is 19.6. The third-order valence-corrected chi connectivity index (χ3v) is 15.0. The van der Waals surface area contributed by atoms with E-state index >= 15 is 0 Å². The van der Waals surface area contributed by atoms with Gasteiger partial charge in [-0.1, -0.05) is 141 Å². The molecule has 1 nitrogen and oxygen atoms in total. The van der Waals surface area contributed by atoms with Crippen LogP contribution in [0.2, 0.25) is 0 Å². The largest absolute Gasteiger partial charge is 0.310 e. The van der Waals surface area contributed by atoms with Gasteiger partial charge in [-0.2, -0.15) is 0 Å². The van der Waals surface area contributed by atoms with Gasteiger partial charge in [0.25, 0.3) is 6.71 Å². The van der Waals surface area contributed by atoms with Crippen LogP contribution in [0.4, 0.5) is 17.1 Å². The van der Waals surface area contributed by atoms with E-state index in [1.165, 1.54) is 72.5 Å². The number of rotatable bonds is 2. The maximum Gasteiger partial charge on any atom is 0.260 e. The van der Waals surface area contributed by atoms with Gasteiger partial charge in [0.05, 0.1) is 5.69 Å². The molecule has 0 radical (unpaired) electrons. The smallest absolute Gasteiger partial charge is 0.260 e. The minimum atomic E-state index is 0.0966. The number of anilines is 3. The van der Waals surface area contributed by atoms with Crippen LogP contribution in [0.3, 0.4) is 0 Å². The highest BCUT2D eigenvalue weighted by molar-refractivity contribution is 7.33. The topological polar surface area (TPSA) is 3.24 Å². The van der Waals surface area contributed by atoms with Gasteiger partial charge in [-0.15, -0.1) is 11.3 Å². The number of allylic oxidation sites excluding steroid dienone is 4. The number of hydrogen-bond acceptors (Lipinski definition) is 2. The minimum absolute atomic E-state index is 0.0966. The maximum atomic E-state index is 2.74. The molecule has 2 aliphatic carbocycles. The quantitative estimate of drug-likeness (QED) is 0.161. The standard InChI is InChI=1S/C51H58BNS/c1-30-25-38-44(35-22-19-33(27-31(35)2)49(6,7)8)37-28-39-40(51(11,12)24-23-50(39,9)10)29-41(37)52-45(38)42(26-30)53(34-20-17-32(18-21-34)48(3,4)5)46-36-15-13-14-16-43(36)54-47(46)52/h13-21,25-29,35,44H,22-24H2,1-12H3. The lowest BCUT2D eigenvalue weighted by molar-refractivity contribution is 0.331. The Morgan fingerprint density at radius 3 is 2.07 bits per heavy atom. The van der Waals surface area contributed by atoms with E-state index in [9.17, 15) is 0 Å². The Bertz CT molecular complexity index is 2420. The fourth-order valence-electron chi connectivity index (χ4n) is 10.5. The molecule has 5 aromatic rings. The van der Waals surface area contributed by atoms with E-state index in [4.69, 9.17) is 0 Å². The number of hydrogen-bond donors (Lipinski definition) is 0. The van der Waals surface area contributed by atoms with Gasteiger partial charge in [0.2, 0.25) is 0 Å². The van der Waals surface area contributed by atoms with Crippen LogP contribution in [0, 0.1) is 18.3 Å². The molecule has 4 aromatic carbocycles. The average Bonchev–Trinajstić information content (AvgIpc) is 3.48. The predicted molar refractivity (Wildman–Crippen MR) is 238 cm³/mol. The first kappa shape index (κ1) is 35.9. The summed E-state index contributed by atoms with van der Waals surface area (Å²) in [7, 11) is 0. The number of benzene rings is 4. The van der Waals surface area contributed by atoms with Gasteiger partial charge in [-0.3, -0.25) is 0 Å². The Morgan fingerprint density at radius 1 is 0.759 bits per heavy atom. The van der Waals surface area contributed by atoms with Gasteiger partial charge >= 0.3 is 0 Å². The van der Waals surface area contributed by atoms with Gasteiger partial charge in [-0.25, -0.2) is 0 Å². The summed E-state index contributed by atoms with van der Waals surface area (Å²) in [5, 5.41) is 1.36. The van der Waals surface area contributed by atoms with Gasteiger partial charge in [-0.05, 0) is 129 Å². The van der Waals surface area contributed by atoms with Crippen molar-refractivity contribution in [2.45, 2.75) is 125 Å². The molecule has 0 saturated heterocycles. The minimum Gasteiger partial charge on any atom is -0.310 e. The molecule has 9 rings (SSSR count). The molecular formula is C51H58BNS. The van der Waals surface area contributed by atoms with E-state index in [0.29, 0.717) is 5.92 Å². The second-order valence-electron chi connectivity index (χ2n) is 20.6. The molecule has 0 saturated carbocycles. The molecular weight excluding hydrogens is 669 g/mol. The summed E-state index contributed by atoms with van der Waals surface area (Å²) in [6, 6.07) is 29.2. The van der Waals surface area contributed by atoms with Crippen molar-refractivity contribution in [3.63, 3.8) is 0 Å². The summed E-state index contributed by atoms with van der Waals surface area (Å²) in [5.74, 6) is 0.689. The Balaban J connectivity index is 1.37. The van der Waals surface area contributed by atoms with Crippen LogP contribution in [0.25, 0.3) is 10.1 Å². The lowest BCUT2D eigenvalue weighted by Crippen LogP contribution is -2.62. The van der Waals surface area contributed by atoms with E-state index in [1.54, 1.807) is 27.7 Å². The second kappa shape index (κ2) is 11.8. The van der Waals surface area contributed by atoms with Crippen molar-refractivity contribution in [1.82, 2.24) is 0 Å². The number of thiophene rings is 1. The molecule has 2 atom stereocenters. The summed E-state index contributed by atoms with van der Waals surface area (Å²) in [6.45, 7) is 29.0. The zero-order valence-corrected chi connectivity index (χ0v) is 35.6. The lowest BCUT2D eigenvalue weighted by Gasteiger charge is -2.47. The van der Waals surface area contributed by atoms with Crippen molar-refractivity contribution in [2.75, 3.05) is 4.90 Å². The van der Waals surface area contributed by atoms with Crippen molar-refractivity contribution >= 4 is 60.9 Å². The molecule has 3 heteroatoms. The van der Waals surface area contributed by atoms with Crippen molar-refractivity contribution in [2.24, 2.45) is 11.3 Å². The molecule has 2 unspecified atom stereocenters. The number of nitrogens with zero attached hydrogens (tertiary/aromatic N) is 1. The van der Waals surface area contributed by atoms with Crippen molar-refractivity contribution in [3.8, 4) is 0 Å². The highest BCUT2D eigenvalue weighted by Crippen LogP contribution is 2.52. The molecule has 0 spiro atoms. The van der Waals surface area contributed by atoms with Gasteiger partial charge in [0.15, 0.2) is 0 Å². The maximum absolute atomic E-state index is 2.74. The summed E-state index contributed by atoms with van der Waals surface area (Å²) in [4.78, 5) is 2.65. The zero-order chi connectivity index (χ0) is 38.3. The lowest BCUT2D eigenvalue weighted by atomic mass is 9.32. The first-order valence-corrected chi connectivity index (χ1v) is 21.3. The Hall–Kier alpha value is -3.82. The van der Waals surface area contributed by atoms with Crippen molar-refractivity contribution in [1.29, 1.82) is 0 Å². The third-order valence-electron chi connectivity index (χ3n) is 13.8. The van der Waals surface area contributed by atoms with Crippen LogP contribution in [0.1, 0.15) is 135 Å². The Labute approximate surface area is 329 Å². The number of aryl methyl sites for hydroxylation is 1. The molecule has 54 heavy (non-hydrogen) atoms. The third kappa shape index (κ3) is 5.38. The average molecular weight is 728 g/mol. The molecule has 276 valence electrons. The van der Waals surface area contributed by atoms with Gasteiger partial charge in [0, 0.05) is 32.2 Å². The van der Waals surface area contributed by atoms with Crippen LogP contribution in [0.5, 0.6) is 0 Å². The fourth-order valence-corrected chi connectivity index (χ4v) is 11.8. The van der Waals surface area contributed by atoms with E-state index in [1.807, 2.05) is 11.3 Å². The van der Waals surface area contributed by atoms with Gasteiger partial charge < -0.3 is 4.90 Å². The second-order valence-corrected chi connectivity index (χ2v) is 21.7. The van der Waals surface area contributed by atoms with E-state index in [0.717, 1.165) is 6.42 Å². The molecule has 0 bridgehead atoms. The Morgan fingerprint density at radius 2 is 1.43 bits per heavy atom. The highest BCUT2D eigenvalue weighted by atomic mass is 32.1. The summed E-state index contributed by atoms with van der Waals surface area (Å²) < 4.78 is 2.87. The van der Waals surface area contributed by atoms with Crippen LogP contribution < -0.4 is 20.6 Å². The summed E-state index contributed by atoms with van der Waals surface area (Å²) >= 11 is 2.03. The number of fused-ring (bicyclic) bond motifs is 7. The highest BCUT2D eigenvalue weighted by Gasteiger charge is 2.49. The molecule has 3 heterocycles. The monoisotopic (exact) mass is 727 g/mol. The SMILES string of the molecule is CC1=CC(C(C)(C)C)=CCC1C1c2cc3c(cc2B2c4sc5ccccc5c4N(c4ccc(C(C)(C)C)cc4)c4cc(C)cc1c42)C(C)(C)CCC3(C)C. The van der Waals surface area contributed by atoms with Crippen molar-refractivity contribution < 1.29 is 0 Å². The van der Waals surface area contributed by atoms with Gasteiger partial charge in [0.1, 0.15) is 0 Å². The molecule has 1 aromatic heterocycles. The van der Waals surface area contributed by atoms with Crippen LogP contribution in [-0.4, -0.2) is 6.71 Å². The molecule has 2 aliphatic heterocycles. The summed E-state index contributed by atoms with van der Waals surface area (Å²) in [6.07, 6.45) is 8.64. The van der Waals surface area contributed by atoms with Crippen LogP contribution >= 0.6 is 11.3 Å². The van der Waals surface area contributed by atoms with Crippen molar-refractivity contribution in [3.05, 3.63) is 129 Å². The zero-order valence-electron chi connectivity index (χ0n) is 34.8. The van der Waals surface area contributed by atoms with E-state index in [-0.39, 0.29) is 34.3 Å². The van der Waals surface area contributed by atoms with E-state index in [2.05, 4.69) is 173 Å². The molecule has 4 aliphatic rings. The molecule has 0 fully saturated rings. The normalized spacial score (nSPS) is 21.2. The first-order chi connectivity index (χ1) is 25.3. The van der Waals surface area contributed by atoms with Crippen LogP contribution in [0.15, 0.2) is 96.1 Å².